The van der Waals surface area contributed by atoms with Crippen LogP contribution in [0.1, 0.15) is 20.3 Å². The fourth-order valence-corrected chi connectivity index (χ4v) is 15.2. The van der Waals surface area contributed by atoms with Gasteiger partial charge in [-0.3, -0.25) is 0 Å². The lowest BCUT2D eigenvalue weighted by molar-refractivity contribution is 0.125. The molecule has 0 amide bonds. The molecule has 0 aliphatic carbocycles. The number of hydrogen-bond donors (Lipinski definition) is 0. The molecule has 0 aromatic carbocycles. The summed E-state index contributed by atoms with van der Waals surface area (Å²) >= 11 is 0. The molecule has 0 saturated heterocycles. The van der Waals surface area contributed by atoms with Crippen LogP contribution in [-0.2, 0) is 13.6 Å². The van der Waals surface area contributed by atoms with Crippen molar-refractivity contribution in [1.29, 1.82) is 0 Å². The monoisotopic (exact) mass is 379 g/mol. The number of ether oxygens (including phenoxy) is 1. The van der Waals surface area contributed by atoms with E-state index in [2.05, 4.69) is 50.1 Å². The van der Waals surface area contributed by atoms with E-state index in [0.717, 1.165) is 45.4 Å². The maximum atomic E-state index is 5.92. The minimum Gasteiger partial charge on any atom is -0.395 e. The van der Waals surface area contributed by atoms with Gasteiger partial charge in [0.15, 0.2) is 0 Å². The van der Waals surface area contributed by atoms with E-state index in [1.54, 1.807) is 0 Å². The van der Waals surface area contributed by atoms with E-state index in [-0.39, 0.29) is 0 Å². The molecule has 23 heavy (non-hydrogen) atoms. The number of hydrogen-bond acceptors (Lipinski definition) is 4. The first-order valence-electron chi connectivity index (χ1n) is 9.09. The molecule has 140 valence electrons. The van der Waals surface area contributed by atoms with E-state index < -0.39 is 25.0 Å². The highest BCUT2D eigenvalue weighted by atomic mass is 28.4. The van der Waals surface area contributed by atoms with Crippen LogP contribution in [0.4, 0.5) is 0 Å². The summed E-state index contributed by atoms with van der Waals surface area (Å²) in [4.78, 5) is 0. The summed E-state index contributed by atoms with van der Waals surface area (Å²) in [7, 11) is -4.49. The molecule has 0 heterocycles. The molecule has 0 aromatic rings. The van der Waals surface area contributed by atoms with Gasteiger partial charge in [0.1, 0.15) is 16.5 Å². The second-order valence-electron chi connectivity index (χ2n) is 8.21. The Morgan fingerprint density at radius 2 is 1.22 bits per heavy atom. The lowest BCUT2D eigenvalue weighted by Crippen LogP contribution is -2.59. The fourth-order valence-electron chi connectivity index (χ4n) is 3.23. The molecule has 0 radical (unpaired) electrons. The largest absolute Gasteiger partial charge is 0.395 e. The molecule has 0 rings (SSSR count). The number of rotatable bonds is 13. The summed E-state index contributed by atoms with van der Waals surface area (Å²) in [6.45, 7) is 25.1. The van der Waals surface area contributed by atoms with E-state index >= 15 is 0 Å². The Kier molecular flexibility index (Phi) is 10.7. The van der Waals surface area contributed by atoms with Crippen LogP contribution >= 0.6 is 0 Å². The first-order chi connectivity index (χ1) is 10.5. The Labute approximate surface area is 148 Å². The van der Waals surface area contributed by atoms with Crippen molar-refractivity contribution < 1.29 is 13.6 Å². The van der Waals surface area contributed by atoms with Gasteiger partial charge in [-0.15, -0.1) is 0 Å². The third-order valence-electron chi connectivity index (χ3n) is 3.90. The van der Waals surface area contributed by atoms with Crippen molar-refractivity contribution in [3.63, 3.8) is 0 Å². The van der Waals surface area contributed by atoms with Crippen molar-refractivity contribution in [2.45, 2.75) is 72.1 Å². The minimum absolute atomic E-state index is 0.741. The maximum absolute atomic E-state index is 5.92. The lowest BCUT2D eigenvalue weighted by Gasteiger charge is -2.43. The predicted molar refractivity (Wildman–Crippen MR) is 109 cm³/mol. The first kappa shape index (κ1) is 23.5. The summed E-state index contributed by atoms with van der Waals surface area (Å²) < 4.78 is 20.4. The molecule has 0 aliphatic rings. The van der Waals surface area contributed by atoms with Gasteiger partial charge in [0, 0.05) is 26.4 Å². The van der Waals surface area contributed by atoms with Crippen LogP contribution < -0.4 is 0 Å². The molecular formula is C16H41NO3Si3. The van der Waals surface area contributed by atoms with Gasteiger partial charge in [-0.2, -0.15) is 0 Å². The molecule has 0 atom stereocenters. The van der Waals surface area contributed by atoms with Crippen molar-refractivity contribution >= 4 is 25.0 Å². The van der Waals surface area contributed by atoms with Gasteiger partial charge in [0.25, 0.3) is 0 Å². The molecule has 0 aliphatic heterocycles. The molecule has 0 spiro atoms. The van der Waals surface area contributed by atoms with Gasteiger partial charge in [0.2, 0.25) is 0 Å². The maximum Gasteiger partial charge on any atom is 0.334 e. The van der Waals surface area contributed by atoms with E-state index in [0.29, 0.717) is 0 Å². The summed E-state index contributed by atoms with van der Waals surface area (Å²) in [5, 5.41) is 0. The summed E-state index contributed by atoms with van der Waals surface area (Å²) in [6.07, 6.45) is 1.03. The van der Waals surface area contributed by atoms with Gasteiger partial charge < -0.3 is 17.8 Å². The highest BCUT2D eigenvalue weighted by molar-refractivity contribution is 6.89. The van der Waals surface area contributed by atoms with Crippen molar-refractivity contribution in [1.82, 2.24) is 4.23 Å². The van der Waals surface area contributed by atoms with Crippen LogP contribution in [0.15, 0.2) is 0 Å². The second-order valence-corrected chi connectivity index (χ2v) is 21.8. The smallest absolute Gasteiger partial charge is 0.334 e. The summed E-state index contributed by atoms with van der Waals surface area (Å²) in [5.41, 5.74) is 0. The zero-order chi connectivity index (χ0) is 18.1. The fraction of sp³-hybridized carbons (Fsp3) is 1.00. The first-order valence-corrected chi connectivity index (χ1v) is 18.5. The average molecular weight is 380 g/mol. The average Bonchev–Trinajstić information content (AvgIpc) is 2.35. The zero-order valence-corrected chi connectivity index (χ0v) is 20.1. The van der Waals surface area contributed by atoms with E-state index in [9.17, 15) is 0 Å². The molecule has 0 fully saturated rings. The lowest BCUT2D eigenvalue weighted by atomic mass is 10.5. The van der Waals surface area contributed by atoms with Crippen LogP contribution in [0.3, 0.4) is 0 Å². The highest BCUT2D eigenvalue weighted by Gasteiger charge is 2.34. The molecule has 7 heteroatoms. The Bertz CT molecular complexity index is 297. The van der Waals surface area contributed by atoms with Gasteiger partial charge in [-0.25, -0.2) is 0 Å². The standard InChI is InChI=1S/C16H41NO3Si3/c1-10-19-23(9,20-11-2)16-12-14-18-15-13-17(21(3,4)5)22(6,7)8/h10-16H2,1-9H3. The Hall–Kier alpha value is 0.491. The van der Waals surface area contributed by atoms with Crippen molar-refractivity contribution in [3.05, 3.63) is 0 Å². The summed E-state index contributed by atoms with van der Waals surface area (Å²) in [6, 6.07) is 1.01. The molecule has 0 unspecified atom stereocenters. The molecular weight excluding hydrogens is 338 g/mol. The molecule has 0 aromatic heterocycles. The molecule has 4 nitrogen and oxygen atoms in total. The van der Waals surface area contributed by atoms with Gasteiger partial charge in [-0.05, 0) is 32.9 Å². The topological polar surface area (TPSA) is 30.9 Å². The second kappa shape index (κ2) is 10.5. The van der Waals surface area contributed by atoms with Crippen LogP contribution in [-0.4, -0.2) is 62.2 Å². The van der Waals surface area contributed by atoms with Crippen molar-refractivity contribution in [3.8, 4) is 0 Å². The van der Waals surface area contributed by atoms with Crippen molar-refractivity contribution in [2.75, 3.05) is 33.0 Å². The predicted octanol–water partition coefficient (Wildman–Crippen LogP) is 4.51. The van der Waals surface area contributed by atoms with Gasteiger partial charge in [0.05, 0.1) is 6.61 Å². The normalized spacial score (nSPS) is 13.8. The molecule has 0 N–H and O–H groups in total. The quantitative estimate of drug-likeness (QED) is 0.348. The van der Waals surface area contributed by atoms with Crippen LogP contribution in [0.5, 0.6) is 0 Å². The van der Waals surface area contributed by atoms with Crippen LogP contribution in [0, 0.1) is 0 Å². The van der Waals surface area contributed by atoms with Crippen LogP contribution in [0.25, 0.3) is 0 Å². The third-order valence-corrected chi connectivity index (χ3v) is 14.7. The van der Waals surface area contributed by atoms with E-state index in [4.69, 9.17) is 13.6 Å². The Morgan fingerprint density at radius 1 is 0.739 bits per heavy atom. The SMILES string of the molecule is CCO[Si](C)(CCCOCCN([Si](C)(C)C)[Si](C)(C)C)OCC. The van der Waals surface area contributed by atoms with E-state index in [1.807, 2.05) is 13.8 Å². The zero-order valence-electron chi connectivity index (χ0n) is 17.1. The van der Waals surface area contributed by atoms with Crippen molar-refractivity contribution in [2.24, 2.45) is 0 Å². The highest BCUT2D eigenvalue weighted by Crippen LogP contribution is 2.19. The van der Waals surface area contributed by atoms with Gasteiger partial charge >= 0.3 is 8.56 Å². The van der Waals surface area contributed by atoms with E-state index in [1.165, 1.54) is 0 Å². The molecule has 0 bridgehead atoms. The summed E-state index contributed by atoms with van der Waals surface area (Å²) in [5.74, 6) is 0. The van der Waals surface area contributed by atoms with Gasteiger partial charge in [-0.1, -0.05) is 39.3 Å². The molecule has 0 saturated carbocycles. The minimum atomic E-state index is -1.97. The Balaban J connectivity index is 4.12. The van der Waals surface area contributed by atoms with Crippen LogP contribution in [0.2, 0.25) is 51.9 Å². The number of nitrogens with zero attached hydrogens (tertiary/aromatic N) is 1. The third kappa shape index (κ3) is 10.2. The Morgan fingerprint density at radius 3 is 1.61 bits per heavy atom.